The van der Waals surface area contributed by atoms with Gasteiger partial charge in [0.05, 0.1) is 30.2 Å². The maximum atomic E-state index is 12.6. The van der Waals surface area contributed by atoms with E-state index in [0.29, 0.717) is 29.8 Å². The minimum absolute atomic E-state index is 0.155. The van der Waals surface area contributed by atoms with Crippen LogP contribution in [-0.2, 0) is 18.3 Å². The van der Waals surface area contributed by atoms with Gasteiger partial charge in [0.1, 0.15) is 0 Å². The highest BCUT2D eigenvalue weighted by Crippen LogP contribution is 2.35. The predicted octanol–water partition coefficient (Wildman–Crippen LogP) is 4.59. The molecular weight excluding hydrogens is 456 g/mol. The molecule has 0 aliphatic rings. The number of anilines is 1. The summed E-state index contributed by atoms with van der Waals surface area (Å²) in [5, 5.41) is 3.44. The van der Waals surface area contributed by atoms with Crippen molar-refractivity contribution in [2.45, 2.75) is 27.2 Å². The van der Waals surface area contributed by atoms with Crippen LogP contribution in [0.2, 0.25) is 0 Å². The summed E-state index contributed by atoms with van der Waals surface area (Å²) in [6.45, 7) is 6.79. The molecule has 7 nitrogen and oxygen atoms in total. The van der Waals surface area contributed by atoms with E-state index in [4.69, 9.17) is 9.47 Å². The second kappa shape index (κ2) is 9.41. The molecule has 9 heteroatoms. The fourth-order valence-corrected chi connectivity index (χ4v) is 4.31. The summed E-state index contributed by atoms with van der Waals surface area (Å²) >= 11 is 4.94. The third kappa shape index (κ3) is 4.97. The van der Waals surface area contributed by atoms with Crippen LogP contribution in [0.25, 0.3) is 10.7 Å². The summed E-state index contributed by atoms with van der Waals surface area (Å²) in [5.74, 6) is 1.96. The maximum absolute atomic E-state index is 12.6. The van der Waals surface area contributed by atoms with Crippen LogP contribution in [0.4, 0.5) is 5.13 Å². The van der Waals surface area contributed by atoms with E-state index in [0.717, 1.165) is 26.4 Å². The predicted molar refractivity (Wildman–Crippen MR) is 118 cm³/mol. The second-order valence-electron chi connectivity index (χ2n) is 6.28. The molecule has 0 aliphatic carbocycles. The average Bonchev–Trinajstić information content (AvgIpc) is 3.24. The number of halogens is 1. The molecule has 154 valence electrons. The third-order valence-electron chi connectivity index (χ3n) is 4.13. The summed E-state index contributed by atoms with van der Waals surface area (Å²) in [4.78, 5) is 22.4. The first kappa shape index (κ1) is 21.3. The number of thiazole rings is 1. The lowest BCUT2D eigenvalue weighted by atomic mass is 10.1. The molecule has 0 aliphatic heterocycles. The SMILES string of the molecule is CCOc1cc(Br)c(CC(=O)Nc2nc(C)c(-c3nccn3C)s2)cc1OCC. The molecule has 0 spiro atoms. The first-order valence-electron chi connectivity index (χ1n) is 9.25. The Morgan fingerprint density at radius 2 is 1.93 bits per heavy atom. The molecule has 2 aromatic heterocycles. The van der Waals surface area contributed by atoms with Gasteiger partial charge in [-0.05, 0) is 38.5 Å². The van der Waals surface area contributed by atoms with Gasteiger partial charge in [0.25, 0.3) is 0 Å². The number of aromatic nitrogens is 3. The number of amides is 1. The smallest absolute Gasteiger partial charge is 0.230 e. The van der Waals surface area contributed by atoms with Crippen molar-refractivity contribution >= 4 is 38.3 Å². The van der Waals surface area contributed by atoms with E-state index in [1.165, 1.54) is 11.3 Å². The van der Waals surface area contributed by atoms with Gasteiger partial charge in [0, 0.05) is 23.9 Å². The van der Waals surface area contributed by atoms with E-state index in [9.17, 15) is 4.79 Å². The van der Waals surface area contributed by atoms with Crippen molar-refractivity contribution in [2.75, 3.05) is 18.5 Å². The van der Waals surface area contributed by atoms with Gasteiger partial charge in [-0.3, -0.25) is 4.79 Å². The first-order chi connectivity index (χ1) is 13.9. The second-order valence-corrected chi connectivity index (χ2v) is 8.13. The Balaban J connectivity index is 1.76. The Hall–Kier alpha value is -2.39. The number of carbonyl (C=O) groups excluding carboxylic acids is 1. The largest absolute Gasteiger partial charge is 0.490 e. The number of hydrogen-bond donors (Lipinski definition) is 1. The van der Waals surface area contributed by atoms with Crippen LogP contribution in [-0.4, -0.2) is 33.7 Å². The van der Waals surface area contributed by atoms with Crippen LogP contribution < -0.4 is 14.8 Å². The van der Waals surface area contributed by atoms with E-state index in [-0.39, 0.29) is 12.3 Å². The molecule has 0 unspecified atom stereocenters. The van der Waals surface area contributed by atoms with E-state index in [1.807, 2.05) is 50.7 Å². The number of ether oxygens (including phenoxy) is 2. The topological polar surface area (TPSA) is 78.3 Å². The highest BCUT2D eigenvalue weighted by molar-refractivity contribution is 9.10. The molecule has 3 aromatic rings. The number of benzene rings is 1. The number of carbonyl (C=O) groups is 1. The van der Waals surface area contributed by atoms with Gasteiger partial charge in [-0.15, -0.1) is 0 Å². The molecule has 0 saturated carbocycles. The summed E-state index contributed by atoms with van der Waals surface area (Å²) < 4.78 is 14.0. The molecule has 1 N–H and O–H groups in total. The zero-order chi connectivity index (χ0) is 21.0. The third-order valence-corrected chi connectivity index (χ3v) is 5.94. The van der Waals surface area contributed by atoms with Gasteiger partial charge in [-0.2, -0.15) is 0 Å². The molecule has 1 amide bonds. The lowest BCUT2D eigenvalue weighted by molar-refractivity contribution is -0.115. The van der Waals surface area contributed by atoms with E-state index in [2.05, 4.69) is 31.2 Å². The number of nitrogens with zero attached hydrogens (tertiary/aromatic N) is 3. The molecule has 29 heavy (non-hydrogen) atoms. The van der Waals surface area contributed by atoms with E-state index < -0.39 is 0 Å². The van der Waals surface area contributed by atoms with Gasteiger partial charge in [0.2, 0.25) is 5.91 Å². The normalized spacial score (nSPS) is 10.8. The Kier molecular flexibility index (Phi) is 6.92. The lowest BCUT2D eigenvalue weighted by Crippen LogP contribution is -2.14. The molecule has 0 bridgehead atoms. The van der Waals surface area contributed by atoms with Crippen LogP contribution in [0.5, 0.6) is 11.5 Å². The standard InChI is InChI=1S/C20H23BrN4O3S/c1-5-27-15-9-13(14(21)11-16(15)28-6-2)10-17(26)24-20-23-12(3)18(29-20)19-22-7-8-25(19)4/h7-9,11H,5-6,10H2,1-4H3,(H,23,24,26). The molecule has 0 fully saturated rings. The van der Waals surface area contributed by atoms with Gasteiger partial charge in [0.15, 0.2) is 22.5 Å². The molecule has 0 radical (unpaired) electrons. The first-order valence-corrected chi connectivity index (χ1v) is 10.9. The van der Waals surface area contributed by atoms with Crippen molar-refractivity contribution in [2.24, 2.45) is 7.05 Å². The quantitative estimate of drug-likeness (QED) is 0.511. The molecule has 0 saturated heterocycles. The van der Waals surface area contributed by atoms with Crippen LogP contribution >= 0.6 is 27.3 Å². The molecular formula is C20H23BrN4O3S. The summed E-state index contributed by atoms with van der Waals surface area (Å²) in [6.07, 6.45) is 3.81. The van der Waals surface area contributed by atoms with E-state index in [1.54, 1.807) is 6.20 Å². The van der Waals surface area contributed by atoms with Crippen molar-refractivity contribution in [1.82, 2.24) is 14.5 Å². The van der Waals surface area contributed by atoms with Crippen LogP contribution in [0.15, 0.2) is 29.0 Å². The molecule has 1 aromatic carbocycles. The Labute approximate surface area is 182 Å². The maximum Gasteiger partial charge on any atom is 0.230 e. The minimum atomic E-state index is -0.155. The highest BCUT2D eigenvalue weighted by Gasteiger charge is 2.17. The summed E-state index contributed by atoms with van der Waals surface area (Å²) in [6, 6.07) is 3.67. The van der Waals surface area contributed by atoms with Crippen LogP contribution in [0.3, 0.4) is 0 Å². The zero-order valence-electron chi connectivity index (χ0n) is 16.8. The number of aryl methyl sites for hydroxylation is 2. The molecule has 0 atom stereocenters. The number of hydrogen-bond acceptors (Lipinski definition) is 6. The van der Waals surface area contributed by atoms with Gasteiger partial charge in [-0.25, -0.2) is 9.97 Å². The average molecular weight is 479 g/mol. The van der Waals surface area contributed by atoms with Crippen molar-refractivity contribution in [3.05, 3.63) is 40.3 Å². The lowest BCUT2D eigenvalue weighted by Gasteiger charge is -2.14. The van der Waals surface area contributed by atoms with Gasteiger partial charge >= 0.3 is 0 Å². The Morgan fingerprint density at radius 1 is 1.24 bits per heavy atom. The fourth-order valence-electron chi connectivity index (χ4n) is 2.83. The fraction of sp³-hybridized carbons (Fsp3) is 0.350. The number of nitrogens with one attached hydrogen (secondary N) is 1. The monoisotopic (exact) mass is 478 g/mol. The Bertz CT molecular complexity index is 1020. The van der Waals surface area contributed by atoms with Gasteiger partial charge in [-0.1, -0.05) is 27.3 Å². The molecule has 2 heterocycles. The van der Waals surface area contributed by atoms with Crippen LogP contribution in [0.1, 0.15) is 25.1 Å². The minimum Gasteiger partial charge on any atom is -0.490 e. The molecule has 3 rings (SSSR count). The summed E-state index contributed by atoms with van der Waals surface area (Å²) in [5.41, 5.74) is 1.65. The highest BCUT2D eigenvalue weighted by atomic mass is 79.9. The zero-order valence-corrected chi connectivity index (χ0v) is 19.2. The van der Waals surface area contributed by atoms with E-state index >= 15 is 0 Å². The Morgan fingerprint density at radius 3 is 2.55 bits per heavy atom. The summed E-state index contributed by atoms with van der Waals surface area (Å²) in [7, 11) is 1.93. The van der Waals surface area contributed by atoms with Crippen molar-refractivity contribution < 1.29 is 14.3 Å². The van der Waals surface area contributed by atoms with Crippen LogP contribution in [0, 0.1) is 6.92 Å². The van der Waals surface area contributed by atoms with Crippen molar-refractivity contribution in [3.63, 3.8) is 0 Å². The van der Waals surface area contributed by atoms with Gasteiger partial charge < -0.3 is 19.4 Å². The number of rotatable bonds is 8. The number of imidazole rings is 1. The van der Waals surface area contributed by atoms with Crippen molar-refractivity contribution in [1.29, 1.82) is 0 Å². The van der Waals surface area contributed by atoms with Crippen molar-refractivity contribution in [3.8, 4) is 22.2 Å².